The van der Waals surface area contributed by atoms with Crippen molar-refractivity contribution in [2.45, 2.75) is 11.4 Å². The predicted octanol–water partition coefficient (Wildman–Crippen LogP) is 3.58. The molecule has 0 spiro atoms. The average Bonchev–Trinajstić information content (AvgIpc) is 2.41. The molecule has 0 fully saturated rings. The van der Waals surface area contributed by atoms with Gasteiger partial charge in [0, 0.05) is 11.0 Å². The van der Waals surface area contributed by atoms with Crippen LogP contribution in [-0.4, -0.2) is 8.42 Å². The van der Waals surface area contributed by atoms with E-state index in [1.807, 2.05) is 30.3 Å². The van der Waals surface area contributed by atoms with Crippen LogP contribution in [-0.2, 0) is 16.6 Å². The highest BCUT2D eigenvalue weighted by Gasteiger charge is 2.14. The minimum Gasteiger partial charge on any atom is -0.207 e. The van der Waals surface area contributed by atoms with E-state index >= 15 is 0 Å². The third kappa shape index (κ3) is 3.79. The molecule has 0 unspecified atom stereocenters. The van der Waals surface area contributed by atoms with Gasteiger partial charge in [-0.3, -0.25) is 0 Å². The molecule has 2 aromatic rings. The van der Waals surface area contributed by atoms with Gasteiger partial charge in [0.05, 0.1) is 9.92 Å². The molecule has 0 radical (unpaired) electrons. The Hall–Kier alpha value is -0.880. The zero-order valence-electron chi connectivity index (χ0n) is 9.81. The molecule has 0 aliphatic carbocycles. The molecule has 0 heterocycles. The van der Waals surface area contributed by atoms with Crippen LogP contribution in [0.3, 0.4) is 0 Å². The molecule has 2 rings (SSSR count). The zero-order chi connectivity index (χ0) is 13.9. The van der Waals surface area contributed by atoms with Gasteiger partial charge in [-0.05, 0) is 39.7 Å². The maximum absolute atomic E-state index is 12.1. The summed E-state index contributed by atoms with van der Waals surface area (Å²) < 4.78 is 27.3. The second-order valence-electron chi connectivity index (χ2n) is 3.89. The van der Waals surface area contributed by atoms with Crippen LogP contribution in [0, 0.1) is 0 Å². The van der Waals surface area contributed by atoms with Gasteiger partial charge in [-0.2, -0.15) is 0 Å². The van der Waals surface area contributed by atoms with E-state index in [2.05, 4.69) is 20.7 Å². The molecule has 2 aromatic carbocycles. The first kappa shape index (κ1) is 14.5. The van der Waals surface area contributed by atoms with E-state index in [0.29, 0.717) is 9.50 Å². The first-order valence-electron chi connectivity index (χ1n) is 5.48. The number of nitrogens with one attached hydrogen (secondary N) is 1. The van der Waals surface area contributed by atoms with Crippen molar-refractivity contribution in [3.05, 3.63) is 63.6 Å². The molecule has 1 N–H and O–H groups in total. The number of rotatable bonds is 4. The molecule has 6 heteroatoms. The molecule has 0 aliphatic rings. The number of hydrogen-bond acceptors (Lipinski definition) is 2. The van der Waals surface area contributed by atoms with E-state index in [1.54, 1.807) is 6.07 Å². The molecule has 19 heavy (non-hydrogen) atoms. The molecular weight excluding hydrogens is 350 g/mol. The van der Waals surface area contributed by atoms with Gasteiger partial charge in [-0.1, -0.05) is 41.9 Å². The zero-order valence-corrected chi connectivity index (χ0v) is 13.0. The van der Waals surface area contributed by atoms with Crippen molar-refractivity contribution in [1.29, 1.82) is 0 Å². The Kier molecular flexibility index (Phi) is 4.62. The molecule has 100 valence electrons. The maximum Gasteiger partial charge on any atom is 0.240 e. The van der Waals surface area contributed by atoms with Gasteiger partial charge in [-0.15, -0.1) is 0 Å². The lowest BCUT2D eigenvalue weighted by molar-refractivity contribution is 0.581. The lowest BCUT2D eigenvalue weighted by atomic mass is 10.2. The highest BCUT2D eigenvalue weighted by molar-refractivity contribution is 9.10. The Balaban J connectivity index is 2.16. The van der Waals surface area contributed by atoms with Gasteiger partial charge in [0.1, 0.15) is 0 Å². The minimum absolute atomic E-state index is 0.180. The Morgan fingerprint density at radius 2 is 1.79 bits per heavy atom. The molecule has 0 bridgehead atoms. The lowest BCUT2D eigenvalue weighted by Crippen LogP contribution is -2.23. The fourth-order valence-corrected chi connectivity index (χ4v) is 3.19. The lowest BCUT2D eigenvalue weighted by Gasteiger charge is -2.07. The van der Waals surface area contributed by atoms with Crippen LogP contribution in [0.5, 0.6) is 0 Å². The number of benzene rings is 2. The quantitative estimate of drug-likeness (QED) is 0.906. The third-order valence-corrected chi connectivity index (χ3v) is 5.12. The van der Waals surface area contributed by atoms with Crippen LogP contribution < -0.4 is 4.72 Å². The largest absolute Gasteiger partial charge is 0.240 e. The third-order valence-electron chi connectivity index (χ3n) is 2.51. The molecule has 0 atom stereocenters. The van der Waals surface area contributed by atoms with Crippen LogP contribution in [0.2, 0.25) is 5.02 Å². The van der Waals surface area contributed by atoms with Crippen molar-refractivity contribution < 1.29 is 8.42 Å². The first-order valence-corrected chi connectivity index (χ1v) is 8.13. The molecule has 0 aromatic heterocycles. The Morgan fingerprint density at radius 3 is 2.42 bits per heavy atom. The standard InChI is InChI=1S/C13H11BrClNO2S/c14-12-8-11(6-7-13(12)15)19(17,18)16-9-10-4-2-1-3-5-10/h1-8,16H,9H2. The molecular formula is C13H11BrClNO2S. The highest BCUT2D eigenvalue weighted by atomic mass is 79.9. The topological polar surface area (TPSA) is 46.2 Å². The highest BCUT2D eigenvalue weighted by Crippen LogP contribution is 2.25. The van der Waals surface area contributed by atoms with E-state index in [-0.39, 0.29) is 11.4 Å². The fraction of sp³-hybridized carbons (Fsp3) is 0.0769. The van der Waals surface area contributed by atoms with E-state index in [9.17, 15) is 8.42 Å². The second kappa shape index (κ2) is 6.05. The Morgan fingerprint density at radius 1 is 1.11 bits per heavy atom. The predicted molar refractivity (Wildman–Crippen MR) is 79.6 cm³/mol. The maximum atomic E-state index is 12.1. The van der Waals surface area contributed by atoms with Crippen molar-refractivity contribution in [2.24, 2.45) is 0 Å². The van der Waals surface area contributed by atoms with Crippen LogP contribution in [0.25, 0.3) is 0 Å². The van der Waals surface area contributed by atoms with Crippen LogP contribution >= 0.6 is 27.5 Å². The summed E-state index contributed by atoms with van der Waals surface area (Å²) in [7, 11) is -3.54. The van der Waals surface area contributed by atoms with Crippen molar-refractivity contribution in [2.75, 3.05) is 0 Å². The van der Waals surface area contributed by atoms with Crippen LogP contribution in [0.1, 0.15) is 5.56 Å². The molecule has 0 saturated heterocycles. The Labute approximate surface area is 125 Å². The van der Waals surface area contributed by atoms with Gasteiger partial charge in [0.2, 0.25) is 10.0 Å². The normalized spacial score (nSPS) is 11.5. The van der Waals surface area contributed by atoms with Gasteiger partial charge < -0.3 is 0 Å². The van der Waals surface area contributed by atoms with E-state index in [0.717, 1.165) is 5.56 Å². The minimum atomic E-state index is -3.54. The molecule has 3 nitrogen and oxygen atoms in total. The van der Waals surface area contributed by atoms with Crippen molar-refractivity contribution in [1.82, 2.24) is 4.72 Å². The summed E-state index contributed by atoms with van der Waals surface area (Å²) in [5, 5.41) is 0.474. The van der Waals surface area contributed by atoms with Crippen molar-refractivity contribution in [3.63, 3.8) is 0 Å². The fourth-order valence-electron chi connectivity index (χ4n) is 1.50. The van der Waals surface area contributed by atoms with Gasteiger partial charge >= 0.3 is 0 Å². The van der Waals surface area contributed by atoms with Gasteiger partial charge in [-0.25, -0.2) is 13.1 Å². The number of sulfonamides is 1. The smallest absolute Gasteiger partial charge is 0.207 e. The summed E-state index contributed by atoms with van der Waals surface area (Å²) in [6.07, 6.45) is 0. The molecule has 0 saturated carbocycles. The monoisotopic (exact) mass is 359 g/mol. The molecule has 0 aliphatic heterocycles. The second-order valence-corrected chi connectivity index (χ2v) is 6.91. The van der Waals surface area contributed by atoms with Crippen LogP contribution in [0.15, 0.2) is 57.9 Å². The van der Waals surface area contributed by atoms with Gasteiger partial charge in [0.25, 0.3) is 0 Å². The van der Waals surface area contributed by atoms with Crippen LogP contribution in [0.4, 0.5) is 0 Å². The summed E-state index contributed by atoms with van der Waals surface area (Å²) >= 11 is 9.05. The average molecular weight is 361 g/mol. The summed E-state index contributed by atoms with van der Waals surface area (Å²) in [5.41, 5.74) is 0.902. The first-order chi connectivity index (χ1) is 8.99. The SMILES string of the molecule is O=S(=O)(NCc1ccccc1)c1ccc(Cl)c(Br)c1. The van der Waals surface area contributed by atoms with E-state index in [4.69, 9.17) is 11.6 Å². The van der Waals surface area contributed by atoms with E-state index in [1.165, 1.54) is 12.1 Å². The number of halogens is 2. The van der Waals surface area contributed by atoms with Crippen molar-refractivity contribution >= 4 is 37.6 Å². The summed E-state index contributed by atoms with van der Waals surface area (Å²) in [4.78, 5) is 0.180. The summed E-state index contributed by atoms with van der Waals surface area (Å²) in [6.45, 7) is 0.253. The van der Waals surface area contributed by atoms with E-state index < -0.39 is 10.0 Å². The summed E-state index contributed by atoms with van der Waals surface area (Å²) in [6, 6.07) is 13.8. The molecule has 0 amide bonds. The van der Waals surface area contributed by atoms with Gasteiger partial charge in [0.15, 0.2) is 0 Å². The Bertz CT molecular complexity index is 674. The van der Waals surface area contributed by atoms with Crippen molar-refractivity contribution in [3.8, 4) is 0 Å². The summed E-state index contributed by atoms with van der Waals surface area (Å²) in [5.74, 6) is 0. The number of hydrogen-bond donors (Lipinski definition) is 1.